The third kappa shape index (κ3) is 5.38. The van der Waals surface area contributed by atoms with Gasteiger partial charge in [-0.05, 0) is 64.6 Å². The first kappa shape index (κ1) is 27.3. The zero-order valence-corrected chi connectivity index (χ0v) is 24.4. The van der Waals surface area contributed by atoms with E-state index < -0.39 is 0 Å². The van der Waals surface area contributed by atoms with E-state index in [2.05, 4.69) is 76.7 Å². The Kier molecular flexibility index (Phi) is 7.47. The Morgan fingerprint density at radius 1 is 0.659 bits per heavy atom. The molecule has 0 bridgehead atoms. The van der Waals surface area contributed by atoms with Crippen LogP contribution in [0.15, 0.2) is 128 Å². The molecule has 1 atom stereocenters. The Morgan fingerprint density at radius 3 is 2.05 bits per heavy atom. The molecule has 6 heteroatoms. The first-order chi connectivity index (χ1) is 21.7. The summed E-state index contributed by atoms with van der Waals surface area (Å²) in [6, 6.07) is 37.1. The van der Waals surface area contributed by atoms with E-state index in [1.807, 2.05) is 59.8 Å². The third-order valence-electron chi connectivity index (χ3n) is 8.60. The molecule has 3 aromatic heterocycles. The van der Waals surface area contributed by atoms with E-state index in [1.165, 1.54) is 10.9 Å². The monoisotopic (exact) mass is 574 g/mol. The van der Waals surface area contributed by atoms with E-state index in [4.69, 9.17) is 4.98 Å². The number of amidine groups is 2. The van der Waals surface area contributed by atoms with Crippen molar-refractivity contribution in [3.63, 3.8) is 0 Å². The van der Waals surface area contributed by atoms with Crippen molar-refractivity contribution in [2.24, 2.45) is 0 Å². The summed E-state index contributed by atoms with van der Waals surface area (Å²) < 4.78 is 0. The van der Waals surface area contributed by atoms with E-state index >= 15 is 0 Å². The highest BCUT2D eigenvalue weighted by Gasteiger charge is 2.28. The summed E-state index contributed by atoms with van der Waals surface area (Å²) in [5.41, 5.74) is 6.42. The van der Waals surface area contributed by atoms with Gasteiger partial charge >= 0.3 is 0 Å². The Labute approximate surface area is 256 Å². The second kappa shape index (κ2) is 12.0. The van der Waals surface area contributed by atoms with Gasteiger partial charge in [-0.3, -0.25) is 15.8 Å². The number of aromatic amines is 2. The van der Waals surface area contributed by atoms with Gasteiger partial charge in [-0.15, -0.1) is 0 Å². The average Bonchev–Trinajstić information content (AvgIpc) is 3.69. The van der Waals surface area contributed by atoms with Crippen molar-refractivity contribution < 1.29 is 0 Å². The predicted octanol–water partition coefficient (Wildman–Crippen LogP) is 8.61. The van der Waals surface area contributed by atoms with Crippen LogP contribution in [0.25, 0.3) is 32.6 Å². The summed E-state index contributed by atoms with van der Waals surface area (Å²) >= 11 is 0. The molecule has 0 aliphatic heterocycles. The van der Waals surface area contributed by atoms with Crippen LogP contribution < -0.4 is 0 Å². The minimum absolute atomic E-state index is 0.334. The lowest BCUT2D eigenvalue weighted by Crippen LogP contribution is -2.40. The van der Waals surface area contributed by atoms with Crippen molar-refractivity contribution in [3.8, 4) is 0 Å². The average molecular weight is 575 g/mol. The number of aromatic nitrogens is 3. The smallest absolute Gasteiger partial charge is 0.111 e. The molecule has 0 aliphatic rings. The number of fused-ring (bicyclic) bond motifs is 3. The van der Waals surface area contributed by atoms with E-state index in [0.29, 0.717) is 37.5 Å². The van der Waals surface area contributed by atoms with Gasteiger partial charge < -0.3 is 14.9 Å². The number of hydrogen-bond donors (Lipinski definition) is 4. The molecule has 216 valence electrons. The summed E-state index contributed by atoms with van der Waals surface area (Å²) in [7, 11) is 0. The summed E-state index contributed by atoms with van der Waals surface area (Å²) in [4.78, 5) is 13.4. The standard InChI is InChI=1S/C38H34N6/c39-37(20-19-27-23-42-34-16-5-3-14-31(27)34)44(25-28-12-9-11-26-10-1-2-13-30(26)28)38(40)33(36-18-7-8-21-41-36)22-29-24-43-35-17-6-4-15-32(29)35/h1-18,21,23-24,33,39-40,42-43H,19-20,22,25H2/t33-/m0/s1. The lowest BCUT2D eigenvalue weighted by Gasteiger charge is -2.31. The topological polar surface area (TPSA) is 95.4 Å². The van der Waals surface area contributed by atoms with Gasteiger partial charge in [0, 0.05) is 46.8 Å². The number of benzene rings is 4. The highest BCUT2D eigenvalue weighted by Crippen LogP contribution is 2.29. The normalized spacial score (nSPS) is 12.1. The molecule has 6 nitrogen and oxygen atoms in total. The lowest BCUT2D eigenvalue weighted by atomic mass is 9.92. The molecule has 0 spiro atoms. The Morgan fingerprint density at radius 2 is 1.30 bits per heavy atom. The van der Waals surface area contributed by atoms with E-state index in [9.17, 15) is 10.8 Å². The first-order valence-corrected chi connectivity index (χ1v) is 15.1. The second-order valence-electron chi connectivity index (χ2n) is 11.3. The zero-order chi connectivity index (χ0) is 29.9. The Hall–Kier alpha value is -5.49. The van der Waals surface area contributed by atoms with E-state index in [1.54, 1.807) is 6.20 Å². The van der Waals surface area contributed by atoms with Crippen molar-refractivity contribution >= 4 is 44.2 Å². The van der Waals surface area contributed by atoms with Crippen LogP contribution in [-0.2, 0) is 19.4 Å². The number of pyridine rings is 1. The molecule has 0 fully saturated rings. The van der Waals surface area contributed by atoms with Crippen LogP contribution in [0.2, 0.25) is 0 Å². The van der Waals surface area contributed by atoms with Crippen LogP contribution in [0.5, 0.6) is 0 Å². The number of H-pyrrole nitrogens is 2. The maximum absolute atomic E-state index is 9.75. The molecule has 4 aromatic carbocycles. The van der Waals surface area contributed by atoms with Crippen LogP contribution in [0.4, 0.5) is 0 Å². The number of hydrogen-bond acceptors (Lipinski definition) is 3. The van der Waals surface area contributed by atoms with Gasteiger partial charge in [-0.25, -0.2) is 0 Å². The van der Waals surface area contributed by atoms with Gasteiger partial charge in [0.15, 0.2) is 0 Å². The van der Waals surface area contributed by atoms with E-state index in [0.717, 1.165) is 44.0 Å². The molecular formula is C38H34N6. The molecule has 3 heterocycles. The predicted molar refractivity (Wildman–Crippen MR) is 181 cm³/mol. The minimum Gasteiger partial charge on any atom is -0.361 e. The minimum atomic E-state index is -0.334. The van der Waals surface area contributed by atoms with Gasteiger partial charge in [-0.2, -0.15) is 0 Å². The van der Waals surface area contributed by atoms with E-state index in [-0.39, 0.29) is 5.92 Å². The number of aryl methyl sites for hydroxylation is 1. The van der Waals surface area contributed by atoms with Crippen molar-refractivity contribution in [3.05, 3.63) is 150 Å². The molecule has 0 saturated heterocycles. The third-order valence-corrected chi connectivity index (χ3v) is 8.60. The van der Waals surface area contributed by atoms with Gasteiger partial charge in [0.1, 0.15) is 11.7 Å². The highest BCUT2D eigenvalue weighted by atomic mass is 15.2. The molecule has 7 aromatic rings. The summed E-state index contributed by atoms with van der Waals surface area (Å²) in [5, 5.41) is 23.8. The maximum Gasteiger partial charge on any atom is 0.111 e. The second-order valence-corrected chi connectivity index (χ2v) is 11.3. The molecule has 0 amide bonds. The summed E-state index contributed by atoms with van der Waals surface area (Å²) in [6.07, 6.45) is 7.71. The molecule has 0 unspecified atom stereocenters. The van der Waals surface area contributed by atoms with Crippen molar-refractivity contribution in [1.82, 2.24) is 19.9 Å². The van der Waals surface area contributed by atoms with Crippen LogP contribution in [0.1, 0.15) is 34.7 Å². The van der Waals surface area contributed by atoms with Crippen molar-refractivity contribution in [1.29, 1.82) is 10.8 Å². The van der Waals surface area contributed by atoms with Crippen molar-refractivity contribution in [2.45, 2.75) is 31.7 Å². The molecule has 0 radical (unpaired) electrons. The van der Waals surface area contributed by atoms with Gasteiger partial charge in [-0.1, -0.05) is 84.9 Å². The van der Waals surface area contributed by atoms with Crippen molar-refractivity contribution in [2.75, 3.05) is 0 Å². The van der Waals surface area contributed by atoms with Crippen LogP contribution in [0.3, 0.4) is 0 Å². The van der Waals surface area contributed by atoms with Gasteiger partial charge in [0.05, 0.1) is 18.2 Å². The van der Waals surface area contributed by atoms with Gasteiger partial charge in [0.2, 0.25) is 0 Å². The Bertz CT molecular complexity index is 2080. The molecule has 0 aliphatic carbocycles. The lowest BCUT2D eigenvalue weighted by molar-refractivity contribution is 0.549. The highest BCUT2D eigenvalue weighted by molar-refractivity contribution is 6.02. The fourth-order valence-electron chi connectivity index (χ4n) is 6.29. The molecule has 7 rings (SSSR count). The zero-order valence-electron chi connectivity index (χ0n) is 24.4. The maximum atomic E-state index is 9.75. The van der Waals surface area contributed by atoms with Crippen LogP contribution in [-0.4, -0.2) is 31.5 Å². The van der Waals surface area contributed by atoms with Crippen LogP contribution in [0, 0.1) is 10.8 Å². The molecule has 44 heavy (non-hydrogen) atoms. The quantitative estimate of drug-likeness (QED) is 0.103. The number of para-hydroxylation sites is 2. The van der Waals surface area contributed by atoms with Gasteiger partial charge in [0.25, 0.3) is 0 Å². The summed E-state index contributed by atoms with van der Waals surface area (Å²) in [5.74, 6) is 0.470. The Balaban J connectivity index is 1.25. The molecular weight excluding hydrogens is 540 g/mol. The molecule has 4 N–H and O–H groups in total. The summed E-state index contributed by atoms with van der Waals surface area (Å²) in [6.45, 7) is 0.435. The number of rotatable bonds is 9. The van der Waals surface area contributed by atoms with Crippen LogP contribution >= 0.6 is 0 Å². The number of nitrogens with zero attached hydrogens (tertiary/aromatic N) is 2. The SMILES string of the molecule is N=C(CCc1c[nH]c2ccccc12)N(Cc1cccc2ccccc12)C(=N)[C@@H](Cc1c[nH]c2ccccc12)c1ccccn1. The fraction of sp³-hybridized carbons (Fsp3) is 0.132. The number of nitrogens with one attached hydrogen (secondary N) is 4. The first-order valence-electron chi connectivity index (χ1n) is 15.1. The molecule has 0 saturated carbocycles. The fourth-order valence-corrected chi connectivity index (χ4v) is 6.29. The largest absolute Gasteiger partial charge is 0.361 e.